The molecule has 0 amide bonds. The maximum Gasteiger partial charge on any atom is 0.323 e. The molecule has 1 unspecified atom stereocenters. The van der Waals surface area contributed by atoms with Crippen LogP contribution in [-0.2, 0) is 9.53 Å². The summed E-state index contributed by atoms with van der Waals surface area (Å²) >= 11 is 1.83. The fourth-order valence-electron chi connectivity index (χ4n) is 2.50. The molecule has 0 aromatic rings. The van der Waals surface area contributed by atoms with Crippen molar-refractivity contribution in [2.24, 2.45) is 0 Å². The third kappa shape index (κ3) is 6.10. The molecular formula is C14H27NO2S. The molecule has 1 aliphatic rings. The zero-order valence-corrected chi connectivity index (χ0v) is 12.6. The van der Waals surface area contributed by atoms with E-state index in [1.54, 1.807) is 0 Å². The number of thioether (sulfide) groups is 1. The maximum absolute atomic E-state index is 11.9. The second-order valence-electron chi connectivity index (χ2n) is 4.94. The van der Waals surface area contributed by atoms with Crippen LogP contribution in [0.1, 0.15) is 51.9 Å². The van der Waals surface area contributed by atoms with E-state index in [0.29, 0.717) is 12.6 Å². The van der Waals surface area contributed by atoms with Crippen LogP contribution in [0.5, 0.6) is 0 Å². The summed E-state index contributed by atoms with van der Waals surface area (Å²) in [5.41, 5.74) is 0. The molecule has 1 aliphatic carbocycles. The minimum atomic E-state index is -0.0970. The molecule has 1 N–H and O–H groups in total. The Morgan fingerprint density at radius 3 is 2.72 bits per heavy atom. The van der Waals surface area contributed by atoms with Gasteiger partial charge in [0.2, 0.25) is 0 Å². The normalized spacial score (nSPS) is 18.6. The summed E-state index contributed by atoms with van der Waals surface area (Å²) < 4.78 is 5.17. The van der Waals surface area contributed by atoms with Crippen LogP contribution in [0.3, 0.4) is 0 Å². The molecule has 0 radical (unpaired) electrons. The van der Waals surface area contributed by atoms with Gasteiger partial charge in [-0.05, 0) is 44.6 Å². The summed E-state index contributed by atoms with van der Waals surface area (Å²) in [6, 6.07) is 0.419. The van der Waals surface area contributed by atoms with Crippen molar-refractivity contribution in [3.05, 3.63) is 0 Å². The number of hydrogen-bond acceptors (Lipinski definition) is 4. The van der Waals surface area contributed by atoms with Gasteiger partial charge in [-0.3, -0.25) is 4.79 Å². The lowest BCUT2D eigenvalue weighted by Crippen LogP contribution is -2.45. The Balaban J connectivity index is 2.38. The summed E-state index contributed by atoms with van der Waals surface area (Å²) in [6.45, 7) is 2.35. The van der Waals surface area contributed by atoms with Crippen molar-refractivity contribution >= 4 is 17.7 Å². The second kappa shape index (κ2) is 9.68. The molecule has 1 fully saturated rings. The number of hydrogen-bond donors (Lipinski definition) is 1. The van der Waals surface area contributed by atoms with Crippen LogP contribution in [0.15, 0.2) is 0 Å². The van der Waals surface area contributed by atoms with Gasteiger partial charge in [-0.2, -0.15) is 11.8 Å². The van der Waals surface area contributed by atoms with Crippen LogP contribution in [-0.4, -0.2) is 36.7 Å². The van der Waals surface area contributed by atoms with Gasteiger partial charge in [0.25, 0.3) is 0 Å². The summed E-state index contributed by atoms with van der Waals surface area (Å²) in [5, 5.41) is 3.52. The molecule has 0 aliphatic heterocycles. The number of carbonyl (C=O) groups excluding carboxylic acids is 1. The van der Waals surface area contributed by atoms with Gasteiger partial charge in [-0.25, -0.2) is 0 Å². The van der Waals surface area contributed by atoms with Gasteiger partial charge >= 0.3 is 5.97 Å². The molecule has 1 saturated carbocycles. The highest BCUT2D eigenvalue weighted by molar-refractivity contribution is 7.98. The van der Waals surface area contributed by atoms with E-state index in [2.05, 4.69) is 11.6 Å². The number of carbonyl (C=O) groups is 1. The van der Waals surface area contributed by atoms with Crippen LogP contribution in [0.25, 0.3) is 0 Å². The van der Waals surface area contributed by atoms with Crippen LogP contribution >= 0.6 is 11.8 Å². The first-order valence-electron chi connectivity index (χ1n) is 7.19. The number of ether oxygens (including phenoxy) is 1. The van der Waals surface area contributed by atoms with E-state index in [4.69, 9.17) is 4.74 Å². The van der Waals surface area contributed by atoms with E-state index < -0.39 is 0 Å². The van der Waals surface area contributed by atoms with Crippen molar-refractivity contribution in [2.75, 3.05) is 18.6 Å². The minimum Gasteiger partial charge on any atom is -0.465 e. The highest BCUT2D eigenvalue weighted by atomic mass is 32.2. The highest BCUT2D eigenvalue weighted by Gasteiger charge is 2.23. The molecule has 0 bridgehead atoms. The molecule has 0 aromatic carbocycles. The summed E-state index contributed by atoms with van der Waals surface area (Å²) in [5.74, 6) is 1.05. The van der Waals surface area contributed by atoms with Crippen LogP contribution in [0.4, 0.5) is 0 Å². The minimum absolute atomic E-state index is 0.0656. The van der Waals surface area contributed by atoms with Gasteiger partial charge in [0.1, 0.15) is 6.04 Å². The van der Waals surface area contributed by atoms with Crippen LogP contribution in [0, 0.1) is 0 Å². The molecule has 3 nitrogen and oxygen atoms in total. The van der Waals surface area contributed by atoms with Crippen molar-refractivity contribution in [3.8, 4) is 0 Å². The van der Waals surface area contributed by atoms with Gasteiger partial charge < -0.3 is 10.1 Å². The lowest BCUT2D eigenvalue weighted by Gasteiger charge is -2.27. The fourth-order valence-corrected chi connectivity index (χ4v) is 2.95. The molecule has 0 heterocycles. The average molecular weight is 273 g/mol. The molecule has 1 rings (SSSR count). The van der Waals surface area contributed by atoms with Crippen molar-refractivity contribution in [1.82, 2.24) is 5.32 Å². The van der Waals surface area contributed by atoms with Gasteiger partial charge in [-0.15, -0.1) is 0 Å². The lowest BCUT2D eigenvalue weighted by atomic mass is 9.94. The van der Waals surface area contributed by atoms with Gasteiger partial charge in [0.15, 0.2) is 0 Å². The first-order chi connectivity index (χ1) is 8.77. The predicted octanol–water partition coefficient (Wildman–Crippen LogP) is 2.98. The van der Waals surface area contributed by atoms with Crippen LogP contribution < -0.4 is 5.32 Å². The smallest absolute Gasteiger partial charge is 0.323 e. The molecule has 0 aromatic heterocycles. The fraction of sp³-hybridized carbons (Fsp3) is 0.929. The van der Waals surface area contributed by atoms with Crippen molar-refractivity contribution in [1.29, 1.82) is 0 Å². The average Bonchev–Trinajstić information content (AvgIpc) is 2.39. The topological polar surface area (TPSA) is 38.3 Å². The summed E-state index contributed by atoms with van der Waals surface area (Å²) in [7, 11) is 0. The van der Waals surface area contributed by atoms with Gasteiger partial charge in [0, 0.05) is 6.04 Å². The zero-order valence-electron chi connectivity index (χ0n) is 11.7. The number of rotatable bonds is 8. The lowest BCUT2D eigenvalue weighted by molar-refractivity contribution is -0.146. The number of esters is 1. The molecule has 0 spiro atoms. The Hall–Kier alpha value is -0.220. The van der Waals surface area contributed by atoms with E-state index in [1.807, 2.05) is 18.7 Å². The molecular weight excluding hydrogens is 246 g/mol. The standard InChI is InChI=1S/C14H27NO2S/c1-3-17-14(16)13(10-7-11-18-2)15-12-8-5-4-6-9-12/h12-13,15H,3-11H2,1-2H3. The van der Waals surface area contributed by atoms with Gasteiger partial charge in [0.05, 0.1) is 6.61 Å². The Labute approximate surface area is 115 Å². The van der Waals surface area contributed by atoms with Crippen molar-refractivity contribution < 1.29 is 9.53 Å². The molecule has 4 heteroatoms. The third-order valence-corrected chi connectivity index (χ3v) is 4.15. The zero-order chi connectivity index (χ0) is 13.2. The van der Waals surface area contributed by atoms with E-state index in [0.717, 1.165) is 18.6 Å². The first kappa shape index (κ1) is 15.8. The maximum atomic E-state index is 11.9. The Morgan fingerprint density at radius 1 is 1.39 bits per heavy atom. The van der Waals surface area contributed by atoms with E-state index in [1.165, 1.54) is 32.1 Å². The Morgan fingerprint density at radius 2 is 2.11 bits per heavy atom. The SMILES string of the molecule is CCOC(=O)C(CCCSC)NC1CCCCC1. The molecule has 0 saturated heterocycles. The summed E-state index contributed by atoms with van der Waals surface area (Å²) in [6.07, 6.45) is 10.4. The monoisotopic (exact) mass is 273 g/mol. The summed E-state index contributed by atoms with van der Waals surface area (Å²) in [4.78, 5) is 11.9. The van der Waals surface area contributed by atoms with E-state index >= 15 is 0 Å². The first-order valence-corrected chi connectivity index (χ1v) is 8.59. The van der Waals surface area contributed by atoms with E-state index in [9.17, 15) is 4.79 Å². The predicted molar refractivity (Wildman–Crippen MR) is 78.0 cm³/mol. The van der Waals surface area contributed by atoms with E-state index in [-0.39, 0.29) is 12.0 Å². The van der Waals surface area contributed by atoms with Crippen LogP contribution in [0.2, 0.25) is 0 Å². The van der Waals surface area contributed by atoms with Gasteiger partial charge in [-0.1, -0.05) is 19.3 Å². The largest absolute Gasteiger partial charge is 0.465 e. The highest BCUT2D eigenvalue weighted by Crippen LogP contribution is 2.19. The Bertz CT molecular complexity index is 230. The molecule has 1 atom stereocenters. The van der Waals surface area contributed by atoms with Crippen molar-refractivity contribution in [2.45, 2.75) is 64.0 Å². The third-order valence-electron chi connectivity index (χ3n) is 3.45. The second-order valence-corrected chi connectivity index (χ2v) is 5.93. The number of nitrogens with one attached hydrogen (secondary N) is 1. The quantitative estimate of drug-likeness (QED) is 0.545. The Kier molecular flexibility index (Phi) is 8.51. The molecule has 106 valence electrons. The van der Waals surface area contributed by atoms with Crippen molar-refractivity contribution in [3.63, 3.8) is 0 Å². The molecule has 18 heavy (non-hydrogen) atoms.